The number of allylic oxidation sites excluding steroid dienone is 2. The van der Waals surface area contributed by atoms with Crippen LogP contribution in [0.3, 0.4) is 0 Å². The molecule has 1 aliphatic rings. The first kappa shape index (κ1) is 7.27. The van der Waals surface area contributed by atoms with Crippen molar-refractivity contribution in [2.45, 2.75) is 13.3 Å². The maximum Gasteiger partial charge on any atom is 0.281 e. The lowest BCUT2D eigenvalue weighted by Gasteiger charge is -2.13. The SMILES string of the molecule is CC1=C(C(F)F)N(C)NN1. The maximum atomic E-state index is 12.1. The van der Waals surface area contributed by atoms with E-state index in [1.807, 2.05) is 0 Å². The van der Waals surface area contributed by atoms with Crippen molar-refractivity contribution in [2.75, 3.05) is 7.05 Å². The summed E-state index contributed by atoms with van der Waals surface area (Å²) in [6.07, 6.45) is -2.42. The monoisotopic (exact) mass is 149 g/mol. The van der Waals surface area contributed by atoms with Crippen LogP contribution in [0.5, 0.6) is 0 Å². The Labute approximate surface area is 57.6 Å². The van der Waals surface area contributed by atoms with Crippen molar-refractivity contribution in [2.24, 2.45) is 0 Å². The van der Waals surface area contributed by atoms with Gasteiger partial charge in [0.25, 0.3) is 6.43 Å². The molecule has 0 bridgehead atoms. The molecule has 0 atom stereocenters. The van der Waals surface area contributed by atoms with Gasteiger partial charge in [0.1, 0.15) is 5.70 Å². The maximum absolute atomic E-state index is 12.1. The molecular weight excluding hydrogens is 140 g/mol. The quantitative estimate of drug-likeness (QED) is 0.566. The molecule has 3 nitrogen and oxygen atoms in total. The summed E-state index contributed by atoms with van der Waals surface area (Å²) in [6.45, 7) is 1.60. The number of nitrogens with zero attached hydrogens (tertiary/aromatic N) is 1. The van der Waals surface area contributed by atoms with Crippen LogP contribution < -0.4 is 11.0 Å². The Kier molecular flexibility index (Phi) is 1.76. The molecule has 0 aromatic rings. The van der Waals surface area contributed by atoms with E-state index in [4.69, 9.17) is 0 Å². The molecule has 10 heavy (non-hydrogen) atoms. The Hall–Kier alpha value is -0.840. The molecule has 0 unspecified atom stereocenters. The van der Waals surface area contributed by atoms with E-state index in [1.165, 1.54) is 12.1 Å². The van der Waals surface area contributed by atoms with Crippen molar-refractivity contribution in [3.63, 3.8) is 0 Å². The third-order valence-electron chi connectivity index (χ3n) is 1.36. The number of halogens is 2. The summed E-state index contributed by atoms with van der Waals surface area (Å²) in [5, 5.41) is 1.26. The van der Waals surface area contributed by atoms with Gasteiger partial charge in [-0.15, -0.1) is 5.53 Å². The fourth-order valence-corrected chi connectivity index (χ4v) is 0.854. The first-order chi connectivity index (χ1) is 4.63. The normalized spacial score (nSPS) is 18.7. The molecule has 1 heterocycles. The van der Waals surface area contributed by atoms with Crippen molar-refractivity contribution in [1.82, 2.24) is 16.0 Å². The van der Waals surface area contributed by atoms with Gasteiger partial charge in [-0.25, -0.2) is 8.78 Å². The van der Waals surface area contributed by atoms with Crippen LogP contribution in [0.25, 0.3) is 0 Å². The van der Waals surface area contributed by atoms with Crippen molar-refractivity contribution in [3.05, 3.63) is 11.4 Å². The zero-order valence-corrected chi connectivity index (χ0v) is 5.78. The highest BCUT2D eigenvalue weighted by Crippen LogP contribution is 2.16. The van der Waals surface area contributed by atoms with E-state index in [0.717, 1.165) is 0 Å². The molecule has 0 saturated heterocycles. The first-order valence-electron chi connectivity index (χ1n) is 2.87. The largest absolute Gasteiger partial charge is 0.306 e. The molecule has 58 valence electrons. The van der Waals surface area contributed by atoms with E-state index < -0.39 is 6.43 Å². The van der Waals surface area contributed by atoms with Crippen LogP contribution in [0, 0.1) is 0 Å². The molecule has 1 rings (SSSR count). The fraction of sp³-hybridized carbons (Fsp3) is 0.600. The summed E-state index contributed by atoms with van der Waals surface area (Å²) in [6, 6.07) is 0. The van der Waals surface area contributed by atoms with E-state index in [0.29, 0.717) is 5.70 Å². The summed E-state index contributed by atoms with van der Waals surface area (Å²) in [5.41, 5.74) is 5.58. The zero-order chi connectivity index (χ0) is 7.72. The summed E-state index contributed by atoms with van der Waals surface area (Å²) in [4.78, 5) is 0. The lowest BCUT2D eigenvalue weighted by atomic mass is 10.3. The summed E-state index contributed by atoms with van der Waals surface area (Å²) < 4.78 is 24.1. The van der Waals surface area contributed by atoms with Gasteiger partial charge in [0, 0.05) is 7.05 Å². The van der Waals surface area contributed by atoms with Crippen LogP contribution in [0.15, 0.2) is 11.4 Å². The van der Waals surface area contributed by atoms with Gasteiger partial charge in [0.05, 0.1) is 5.70 Å². The molecule has 0 aromatic heterocycles. The molecule has 5 heteroatoms. The van der Waals surface area contributed by atoms with Crippen molar-refractivity contribution in [1.29, 1.82) is 0 Å². The predicted molar refractivity (Wildman–Crippen MR) is 32.7 cm³/mol. The van der Waals surface area contributed by atoms with Crippen molar-refractivity contribution in [3.8, 4) is 0 Å². The van der Waals surface area contributed by atoms with Crippen LogP contribution in [-0.4, -0.2) is 18.5 Å². The van der Waals surface area contributed by atoms with Crippen LogP contribution in [0.1, 0.15) is 6.92 Å². The van der Waals surface area contributed by atoms with Crippen molar-refractivity contribution >= 4 is 0 Å². The van der Waals surface area contributed by atoms with Gasteiger partial charge in [-0.3, -0.25) is 5.01 Å². The lowest BCUT2D eigenvalue weighted by Crippen LogP contribution is -2.35. The molecule has 2 N–H and O–H groups in total. The van der Waals surface area contributed by atoms with E-state index in [9.17, 15) is 8.78 Å². The average molecular weight is 149 g/mol. The molecule has 0 aromatic carbocycles. The van der Waals surface area contributed by atoms with Crippen LogP contribution >= 0.6 is 0 Å². The van der Waals surface area contributed by atoms with E-state index in [1.54, 1.807) is 6.92 Å². The minimum atomic E-state index is -2.42. The molecule has 0 amide bonds. The highest BCUT2D eigenvalue weighted by molar-refractivity contribution is 5.13. The van der Waals surface area contributed by atoms with Gasteiger partial charge in [0.15, 0.2) is 0 Å². The molecule has 0 saturated carbocycles. The average Bonchev–Trinajstić information content (AvgIpc) is 2.11. The predicted octanol–water partition coefficient (Wildman–Crippen LogP) is 0.438. The number of hydrogen-bond donors (Lipinski definition) is 2. The second kappa shape index (κ2) is 2.42. The minimum absolute atomic E-state index is 0.000000000000000222. The fourth-order valence-electron chi connectivity index (χ4n) is 0.854. The molecule has 1 aliphatic heterocycles. The minimum Gasteiger partial charge on any atom is -0.306 e. The second-order valence-electron chi connectivity index (χ2n) is 2.11. The molecule has 0 radical (unpaired) electrons. The van der Waals surface area contributed by atoms with E-state index >= 15 is 0 Å². The lowest BCUT2D eigenvalue weighted by molar-refractivity contribution is 0.138. The number of rotatable bonds is 1. The van der Waals surface area contributed by atoms with Crippen LogP contribution in [-0.2, 0) is 0 Å². The molecular formula is C5H9F2N3. The smallest absolute Gasteiger partial charge is 0.281 e. The number of hydrazine groups is 2. The number of nitrogens with one attached hydrogen (secondary N) is 2. The van der Waals surface area contributed by atoms with Crippen LogP contribution in [0.2, 0.25) is 0 Å². The van der Waals surface area contributed by atoms with E-state index in [2.05, 4.69) is 11.0 Å². The number of hydrogen-bond acceptors (Lipinski definition) is 3. The Morgan fingerprint density at radius 2 is 2.10 bits per heavy atom. The van der Waals surface area contributed by atoms with Gasteiger partial charge in [-0.05, 0) is 6.92 Å². The Balaban J connectivity index is 2.78. The van der Waals surface area contributed by atoms with Crippen molar-refractivity contribution < 1.29 is 8.78 Å². The highest BCUT2D eigenvalue weighted by Gasteiger charge is 2.23. The zero-order valence-electron chi connectivity index (χ0n) is 5.78. The summed E-state index contributed by atoms with van der Waals surface area (Å²) in [7, 11) is 1.53. The van der Waals surface area contributed by atoms with Crippen LogP contribution in [0.4, 0.5) is 8.78 Å². The first-order valence-corrected chi connectivity index (χ1v) is 2.87. The van der Waals surface area contributed by atoms with Gasteiger partial charge in [-0.2, -0.15) is 0 Å². The van der Waals surface area contributed by atoms with Gasteiger partial charge in [-0.1, -0.05) is 0 Å². The summed E-state index contributed by atoms with van der Waals surface area (Å²) >= 11 is 0. The topological polar surface area (TPSA) is 27.3 Å². The molecule has 0 aliphatic carbocycles. The Bertz CT molecular complexity index is 166. The Morgan fingerprint density at radius 1 is 1.50 bits per heavy atom. The molecule has 0 fully saturated rings. The third kappa shape index (κ3) is 1.04. The number of alkyl halides is 2. The molecule has 0 spiro atoms. The van der Waals surface area contributed by atoms with Gasteiger partial charge < -0.3 is 5.43 Å². The summed E-state index contributed by atoms with van der Waals surface area (Å²) in [5.74, 6) is 0. The van der Waals surface area contributed by atoms with E-state index in [-0.39, 0.29) is 5.70 Å². The van der Waals surface area contributed by atoms with Gasteiger partial charge >= 0.3 is 0 Å². The Morgan fingerprint density at radius 3 is 2.30 bits per heavy atom. The van der Waals surface area contributed by atoms with Gasteiger partial charge in [0.2, 0.25) is 0 Å². The highest BCUT2D eigenvalue weighted by atomic mass is 19.3. The standard InChI is InChI=1S/C5H9F2N3/c1-3-4(5(6)7)10(2)9-8-3/h5,8-9H,1-2H3. The third-order valence-corrected chi connectivity index (χ3v) is 1.36. The second-order valence-corrected chi connectivity index (χ2v) is 2.11.